The number of rotatable bonds is 10. The lowest BCUT2D eigenvalue weighted by atomic mass is 9.94. The van der Waals surface area contributed by atoms with E-state index < -0.39 is 22.0 Å². The highest BCUT2D eigenvalue weighted by Crippen LogP contribution is 2.33. The summed E-state index contributed by atoms with van der Waals surface area (Å²) in [6.45, 7) is 7.59. The van der Waals surface area contributed by atoms with Crippen LogP contribution in [0.15, 0.2) is 83.4 Å². The molecule has 0 spiro atoms. The standard InChI is InChI=1S/C28H34N4O6S/c1-4-15-32-24(20-30-16-18-31(19-17-30)39(35,36)23-9-7-6-8-10-23)25(27(33)38-5-2)26(29-28(32)34)21-11-13-22(37-3)14-12-21/h4,6-14,26H,1,5,15-20H2,2-3H3,(H,29,34). The third kappa shape index (κ3) is 6.16. The van der Waals surface area contributed by atoms with Gasteiger partial charge >= 0.3 is 12.0 Å². The predicted molar refractivity (Wildman–Crippen MR) is 146 cm³/mol. The van der Waals surface area contributed by atoms with E-state index in [0.717, 1.165) is 0 Å². The Balaban J connectivity index is 1.64. The molecular formula is C28H34N4O6S. The predicted octanol–water partition coefficient (Wildman–Crippen LogP) is 2.77. The number of hydrogen-bond acceptors (Lipinski definition) is 7. The van der Waals surface area contributed by atoms with Gasteiger partial charge in [0.25, 0.3) is 0 Å². The summed E-state index contributed by atoms with van der Waals surface area (Å²) in [5.74, 6) is 0.132. The molecule has 10 nitrogen and oxygen atoms in total. The molecule has 0 saturated carbocycles. The maximum Gasteiger partial charge on any atom is 0.338 e. The number of carbonyl (C=O) groups is 2. The molecule has 2 aliphatic rings. The van der Waals surface area contributed by atoms with Crippen LogP contribution in [0, 0.1) is 0 Å². The van der Waals surface area contributed by atoms with E-state index in [1.165, 1.54) is 9.21 Å². The zero-order valence-corrected chi connectivity index (χ0v) is 23.0. The molecule has 0 radical (unpaired) electrons. The van der Waals surface area contributed by atoms with Crippen molar-refractivity contribution in [2.24, 2.45) is 0 Å². The summed E-state index contributed by atoms with van der Waals surface area (Å²) in [6.07, 6.45) is 1.60. The number of nitrogens with zero attached hydrogens (tertiary/aromatic N) is 3. The van der Waals surface area contributed by atoms with Crippen LogP contribution in [0.4, 0.5) is 4.79 Å². The van der Waals surface area contributed by atoms with Gasteiger partial charge in [0.2, 0.25) is 10.0 Å². The Morgan fingerprint density at radius 2 is 1.74 bits per heavy atom. The van der Waals surface area contributed by atoms with Gasteiger partial charge in [0.05, 0.1) is 30.2 Å². The summed E-state index contributed by atoms with van der Waals surface area (Å²) >= 11 is 0. The number of hydrogen-bond donors (Lipinski definition) is 1. The smallest absolute Gasteiger partial charge is 0.338 e. The summed E-state index contributed by atoms with van der Waals surface area (Å²) in [7, 11) is -2.04. The number of esters is 1. The van der Waals surface area contributed by atoms with Crippen LogP contribution in [0.2, 0.25) is 0 Å². The second-order valence-electron chi connectivity index (χ2n) is 9.13. The van der Waals surface area contributed by atoms with Gasteiger partial charge in [0, 0.05) is 45.0 Å². The summed E-state index contributed by atoms with van der Waals surface area (Å²) in [4.78, 5) is 30.4. The Morgan fingerprint density at radius 3 is 2.33 bits per heavy atom. The second-order valence-corrected chi connectivity index (χ2v) is 11.1. The lowest BCUT2D eigenvalue weighted by Gasteiger charge is -2.40. The largest absolute Gasteiger partial charge is 0.497 e. The van der Waals surface area contributed by atoms with Crippen LogP contribution in [0.3, 0.4) is 0 Å². The maximum atomic E-state index is 13.3. The molecule has 2 aromatic rings. The molecule has 208 valence electrons. The molecule has 1 atom stereocenters. The molecule has 2 heterocycles. The van der Waals surface area contributed by atoms with E-state index in [9.17, 15) is 18.0 Å². The molecule has 2 amide bonds. The van der Waals surface area contributed by atoms with E-state index in [4.69, 9.17) is 9.47 Å². The molecular weight excluding hydrogens is 520 g/mol. The van der Waals surface area contributed by atoms with Crippen molar-refractivity contribution in [3.8, 4) is 5.75 Å². The Bertz CT molecular complexity index is 1320. The zero-order chi connectivity index (χ0) is 28.0. The summed E-state index contributed by atoms with van der Waals surface area (Å²) < 4.78 is 38.3. The van der Waals surface area contributed by atoms with Crippen LogP contribution in [0.25, 0.3) is 0 Å². The highest BCUT2D eigenvalue weighted by atomic mass is 32.2. The Hall–Kier alpha value is -3.67. The molecule has 0 aliphatic carbocycles. The molecule has 0 aromatic heterocycles. The van der Waals surface area contributed by atoms with E-state index in [0.29, 0.717) is 35.7 Å². The Labute approximate surface area is 229 Å². The first-order chi connectivity index (χ1) is 18.8. The van der Waals surface area contributed by atoms with E-state index in [1.54, 1.807) is 74.7 Å². The van der Waals surface area contributed by atoms with Gasteiger partial charge in [-0.1, -0.05) is 36.4 Å². The SMILES string of the molecule is C=CCN1C(=O)NC(c2ccc(OC)cc2)C(C(=O)OCC)=C1CN1CCN(S(=O)(=O)c2ccccc2)CC1. The minimum Gasteiger partial charge on any atom is -0.497 e. The molecule has 2 aliphatic heterocycles. The van der Waals surface area contributed by atoms with Crippen LogP contribution in [0.5, 0.6) is 5.75 Å². The van der Waals surface area contributed by atoms with Crippen LogP contribution >= 0.6 is 0 Å². The quantitative estimate of drug-likeness (QED) is 0.355. The molecule has 1 fully saturated rings. The van der Waals surface area contributed by atoms with Crippen molar-refractivity contribution in [2.75, 3.05) is 53.0 Å². The van der Waals surface area contributed by atoms with Crippen molar-refractivity contribution >= 4 is 22.0 Å². The number of carbonyl (C=O) groups excluding carboxylic acids is 2. The van der Waals surface area contributed by atoms with Crippen molar-refractivity contribution in [3.63, 3.8) is 0 Å². The molecule has 1 N–H and O–H groups in total. The minimum absolute atomic E-state index is 0.177. The monoisotopic (exact) mass is 554 g/mol. The van der Waals surface area contributed by atoms with E-state index >= 15 is 0 Å². The molecule has 11 heteroatoms. The number of methoxy groups -OCH3 is 1. The fourth-order valence-corrected chi connectivity index (χ4v) is 6.22. The molecule has 2 aromatic carbocycles. The topological polar surface area (TPSA) is 108 Å². The number of ether oxygens (including phenoxy) is 2. The zero-order valence-electron chi connectivity index (χ0n) is 22.2. The lowest BCUT2D eigenvalue weighted by molar-refractivity contribution is -0.139. The van der Waals surface area contributed by atoms with Crippen LogP contribution in [-0.4, -0.2) is 87.5 Å². The Kier molecular flexibility index (Phi) is 9.05. The van der Waals surface area contributed by atoms with Crippen molar-refractivity contribution in [2.45, 2.75) is 17.9 Å². The average Bonchev–Trinajstić information content (AvgIpc) is 2.95. The van der Waals surface area contributed by atoms with E-state index in [-0.39, 0.29) is 43.7 Å². The number of benzene rings is 2. The number of amides is 2. The van der Waals surface area contributed by atoms with Crippen molar-refractivity contribution in [3.05, 3.63) is 84.1 Å². The van der Waals surface area contributed by atoms with Crippen LogP contribution in [-0.2, 0) is 19.6 Å². The third-order valence-corrected chi connectivity index (χ3v) is 8.69. The first kappa shape index (κ1) is 28.3. The second kappa shape index (κ2) is 12.5. The average molecular weight is 555 g/mol. The van der Waals surface area contributed by atoms with Crippen molar-refractivity contribution < 1.29 is 27.5 Å². The normalized spacial score (nSPS) is 19.0. The summed E-state index contributed by atoms with van der Waals surface area (Å²) in [5, 5.41) is 2.94. The van der Waals surface area contributed by atoms with Crippen LogP contribution in [0.1, 0.15) is 18.5 Å². The number of urea groups is 1. The van der Waals surface area contributed by atoms with Crippen molar-refractivity contribution in [1.29, 1.82) is 0 Å². The van der Waals surface area contributed by atoms with E-state index in [1.807, 2.05) is 4.90 Å². The molecule has 4 rings (SSSR count). The molecule has 1 unspecified atom stereocenters. The van der Waals surface area contributed by atoms with Gasteiger partial charge in [0.1, 0.15) is 5.75 Å². The number of sulfonamides is 1. The van der Waals surface area contributed by atoms with Crippen molar-refractivity contribution in [1.82, 2.24) is 19.4 Å². The van der Waals surface area contributed by atoms with Gasteiger partial charge in [0.15, 0.2) is 0 Å². The van der Waals surface area contributed by atoms with Crippen LogP contribution < -0.4 is 10.1 Å². The lowest BCUT2D eigenvalue weighted by Crippen LogP contribution is -2.53. The first-order valence-corrected chi connectivity index (χ1v) is 14.2. The number of nitrogens with one attached hydrogen (secondary N) is 1. The van der Waals surface area contributed by atoms with E-state index in [2.05, 4.69) is 11.9 Å². The highest BCUT2D eigenvalue weighted by Gasteiger charge is 2.39. The fraction of sp³-hybridized carbons (Fsp3) is 0.357. The fourth-order valence-electron chi connectivity index (χ4n) is 4.77. The minimum atomic E-state index is -3.61. The summed E-state index contributed by atoms with van der Waals surface area (Å²) in [6, 6.07) is 14.4. The maximum absolute atomic E-state index is 13.3. The third-order valence-electron chi connectivity index (χ3n) is 6.78. The van der Waals surface area contributed by atoms with Gasteiger partial charge < -0.3 is 14.8 Å². The van der Waals surface area contributed by atoms with Gasteiger partial charge in [-0.25, -0.2) is 18.0 Å². The molecule has 1 saturated heterocycles. The van der Waals surface area contributed by atoms with Gasteiger partial charge in [-0.05, 0) is 36.8 Å². The molecule has 0 bridgehead atoms. The highest BCUT2D eigenvalue weighted by molar-refractivity contribution is 7.89. The van der Waals surface area contributed by atoms with Gasteiger partial charge in [-0.3, -0.25) is 9.80 Å². The van der Waals surface area contributed by atoms with Gasteiger partial charge in [-0.15, -0.1) is 6.58 Å². The first-order valence-electron chi connectivity index (χ1n) is 12.8. The summed E-state index contributed by atoms with van der Waals surface area (Å²) in [5.41, 5.74) is 1.56. The Morgan fingerprint density at radius 1 is 1.08 bits per heavy atom. The molecule has 39 heavy (non-hydrogen) atoms. The van der Waals surface area contributed by atoms with Gasteiger partial charge in [-0.2, -0.15) is 4.31 Å². The number of piperazine rings is 1.